The molecule has 5 rings (SSSR count). The SMILES string of the molecule is Cc1cnc(-c2cc3c(s2)C(c2ccc(N4CCOCC4)cc2)=NC3)o1. The molecule has 1 fully saturated rings. The molecule has 0 amide bonds. The van der Waals surface area contributed by atoms with Crippen molar-refractivity contribution >= 4 is 22.7 Å². The summed E-state index contributed by atoms with van der Waals surface area (Å²) >= 11 is 1.71. The average molecular weight is 365 g/mol. The quantitative estimate of drug-likeness (QED) is 0.706. The van der Waals surface area contributed by atoms with Crippen molar-refractivity contribution in [2.75, 3.05) is 31.2 Å². The molecule has 2 aliphatic heterocycles. The molecule has 0 aliphatic carbocycles. The van der Waals surface area contributed by atoms with Gasteiger partial charge < -0.3 is 14.1 Å². The Bertz CT molecular complexity index is 965. The first-order valence-electron chi connectivity index (χ1n) is 8.81. The van der Waals surface area contributed by atoms with Crippen molar-refractivity contribution in [1.29, 1.82) is 0 Å². The molecule has 0 bridgehead atoms. The summed E-state index contributed by atoms with van der Waals surface area (Å²) in [5.41, 5.74) is 4.75. The number of aromatic nitrogens is 1. The van der Waals surface area contributed by atoms with Crippen molar-refractivity contribution in [3.63, 3.8) is 0 Å². The van der Waals surface area contributed by atoms with Gasteiger partial charge in [-0.05, 0) is 30.7 Å². The first-order valence-corrected chi connectivity index (χ1v) is 9.63. The van der Waals surface area contributed by atoms with Crippen LogP contribution in [0.2, 0.25) is 0 Å². The summed E-state index contributed by atoms with van der Waals surface area (Å²) < 4.78 is 11.1. The lowest BCUT2D eigenvalue weighted by Crippen LogP contribution is -2.36. The monoisotopic (exact) mass is 365 g/mol. The Labute approximate surface area is 156 Å². The lowest BCUT2D eigenvalue weighted by atomic mass is 10.1. The normalized spacial score (nSPS) is 16.7. The van der Waals surface area contributed by atoms with Crippen LogP contribution in [0.4, 0.5) is 5.69 Å². The predicted molar refractivity (Wildman–Crippen MR) is 103 cm³/mol. The number of thiophene rings is 1. The molecule has 0 atom stereocenters. The number of aryl methyl sites for hydroxylation is 1. The van der Waals surface area contributed by atoms with Gasteiger partial charge in [0.25, 0.3) is 0 Å². The van der Waals surface area contributed by atoms with Crippen LogP contribution in [0.1, 0.15) is 21.8 Å². The van der Waals surface area contributed by atoms with E-state index >= 15 is 0 Å². The standard InChI is InChI=1S/C20H19N3O2S/c1-13-11-22-20(25-13)17-10-15-12-21-18(19(15)26-17)14-2-4-16(5-3-14)23-6-8-24-9-7-23/h2-5,10-11H,6-9,12H2,1H3. The maximum Gasteiger partial charge on any atom is 0.236 e. The number of nitrogens with zero attached hydrogens (tertiary/aromatic N) is 3. The number of aliphatic imine (C=N–C) groups is 1. The fourth-order valence-corrected chi connectivity index (χ4v) is 4.57. The number of anilines is 1. The number of morpholine rings is 1. The van der Waals surface area contributed by atoms with Crippen LogP contribution >= 0.6 is 11.3 Å². The summed E-state index contributed by atoms with van der Waals surface area (Å²) in [6, 6.07) is 10.9. The van der Waals surface area contributed by atoms with E-state index in [9.17, 15) is 0 Å². The maximum absolute atomic E-state index is 5.67. The summed E-state index contributed by atoms with van der Waals surface area (Å²) in [4.78, 5) is 13.8. The van der Waals surface area contributed by atoms with Gasteiger partial charge in [0.1, 0.15) is 5.76 Å². The Morgan fingerprint density at radius 1 is 1.12 bits per heavy atom. The highest BCUT2D eigenvalue weighted by Gasteiger charge is 2.23. The number of fused-ring (bicyclic) bond motifs is 1. The maximum atomic E-state index is 5.67. The molecule has 0 saturated carbocycles. The van der Waals surface area contributed by atoms with Crippen molar-refractivity contribution < 1.29 is 9.15 Å². The summed E-state index contributed by atoms with van der Waals surface area (Å²) in [6.07, 6.45) is 1.76. The smallest absolute Gasteiger partial charge is 0.236 e. The van der Waals surface area contributed by atoms with Crippen molar-refractivity contribution in [2.24, 2.45) is 4.99 Å². The first kappa shape index (κ1) is 15.8. The van der Waals surface area contributed by atoms with Crippen molar-refractivity contribution in [3.05, 3.63) is 58.3 Å². The van der Waals surface area contributed by atoms with E-state index in [4.69, 9.17) is 14.1 Å². The van der Waals surface area contributed by atoms with Gasteiger partial charge in [0.2, 0.25) is 5.89 Å². The lowest BCUT2D eigenvalue weighted by molar-refractivity contribution is 0.122. The van der Waals surface area contributed by atoms with E-state index in [0.29, 0.717) is 5.89 Å². The third-order valence-electron chi connectivity index (χ3n) is 4.78. The first-order chi connectivity index (χ1) is 12.8. The van der Waals surface area contributed by atoms with E-state index < -0.39 is 0 Å². The minimum Gasteiger partial charge on any atom is -0.441 e. The second-order valence-electron chi connectivity index (χ2n) is 6.55. The van der Waals surface area contributed by atoms with E-state index in [1.165, 1.54) is 16.1 Å². The van der Waals surface area contributed by atoms with Gasteiger partial charge in [-0.2, -0.15) is 0 Å². The van der Waals surface area contributed by atoms with E-state index in [0.717, 1.165) is 54.8 Å². The molecule has 3 aromatic rings. The molecule has 26 heavy (non-hydrogen) atoms. The fourth-order valence-electron chi connectivity index (χ4n) is 3.43. The van der Waals surface area contributed by atoms with Crippen LogP contribution in [0.3, 0.4) is 0 Å². The van der Waals surface area contributed by atoms with Gasteiger partial charge in [-0.3, -0.25) is 4.99 Å². The number of benzene rings is 1. The van der Waals surface area contributed by atoms with Crippen molar-refractivity contribution in [3.8, 4) is 10.8 Å². The van der Waals surface area contributed by atoms with Gasteiger partial charge in [0, 0.05) is 24.3 Å². The number of hydrogen-bond donors (Lipinski definition) is 0. The Morgan fingerprint density at radius 3 is 2.65 bits per heavy atom. The van der Waals surface area contributed by atoms with Crippen LogP contribution in [0.25, 0.3) is 10.8 Å². The van der Waals surface area contributed by atoms with E-state index in [1.807, 2.05) is 6.92 Å². The van der Waals surface area contributed by atoms with E-state index in [1.54, 1.807) is 17.5 Å². The van der Waals surface area contributed by atoms with Crippen LogP contribution in [0.5, 0.6) is 0 Å². The minimum atomic E-state index is 0.698. The predicted octanol–water partition coefficient (Wildman–Crippen LogP) is 3.90. The molecule has 0 N–H and O–H groups in total. The number of ether oxygens (including phenoxy) is 1. The number of hydrogen-bond acceptors (Lipinski definition) is 6. The Kier molecular flexibility index (Phi) is 3.87. The molecule has 132 valence electrons. The zero-order chi connectivity index (χ0) is 17.5. The molecular weight excluding hydrogens is 346 g/mol. The second-order valence-corrected chi connectivity index (χ2v) is 7.60. The highest BCUT2D eigenvalue weighted by atomic mass is 32.1. The van der Waals surface area contributed by atoms with Gasteiger partial charge in [-0.25, -0.2) is 4.98 Å². The van der Waals surface area contributed by atoms with Gasteiger partial charge in [-0.1, -0.05) is 12.1 Å². The summed E-state index contributed by atoms with van der Waals surface area (Å²) in [5, 5.41) is 0. The molecule has 1 aromatic carbocycles. The third-order valence-corrected chi connectivity index (χ3v) is 5.95. The van der Waals surface area contributed by atoms with Crippen LogP contribution in [0, 0.1) is 6.92 Å². The van der Waals surface area contributed by atoms with Crippen LogP contribution in [-0.2, 0) is 11.3 Å². The lowest BCUT2D eigenvalue weighted by Gasteiger charge is -2.28. The van der Waals surface area contributed by atoms with E-state index in [2.05, 4.69) is 40.2 Å². The summed E-state index contributed by atoms with van der Waals surface area (Å²) in [7, 11) is 0. The van der Waals surface area contributed by atoms with Gasteiger partial charge in [0.15, 0.2) is 0 Å². The van der Waals surface area contributed by atoms with Crippen molar-refractivity contribution in [2.45, 2.75) is 13.5 Å². The molecule has 0 unspecified atom stereocenters. The number of rotatable bonds is 3. The van der Waals surface area contributed by atoms with Crippen molar-refractivity contribution in [1.82, 2.24) is 4.98 Å². The Balaban J connectivity index is 1.41. The molecule has 2 aromatic heterocycles. The van der Waals surface area contributed by atoms with E-state index in [-0.39, 0.29) is 0 Å². The molecule has 0 radical (unpaired) electrons. The highest BCUT2D eigenvalue weighted by molar-refractivity contribution is 7.17. The minimum absolute atomic E-state index is 0.698. The van der Waals surface area contributed by atoms with Crippen LogP contribution in [0.15, 0.2) is 45.9 Å². The Morgan fingerprint density at radius 2 is 1.92 bits per heavy atom. The zero-order valence-electron chi connectivity index (χ0n) is 14.6. The third kappa shape index (κ3) is 2.75. The molecule has 2 aliphatic rings. The highest BCUT2D eigenvalue weighted by Crippen LogP contribution is 2.36. The molecule has 5 nitrogen and oxygen atoms in total. The molecule has 1 saturated heterocycles. The van der Waals surface area contributed by atoms with Gasteiger partial charge >= 0.3 is 0 Å². The average Bonchev–Trinajstić information content (AvgIpc) is 3.38. The second kappa shape index (κ2) is 6.37. The number of oxazole rings is 1. The van der Waals surface area contributed by atoms with Gasteiger partial charge in [0.05, 0.1) is 41.4 Å². The van der Waals surface area contributed by atoms with Crippen LogP contribution < -0.4 is 4.90 Å². The molecule has 4 heterocycles. The largest absolute Gasteiger partial charge is 0.441 e. The Hall–Kier alpha value is -2.44. The fraction of sp³-hybridized carbons (Fsp3) is 0.300. The topological polar surface area (TPSA) is 50.9 Å². The molecule has 0 spiro atoms. The summed E-state index contributed by atoms with van der Waals surface area (Å²) in [5.74, 6) is 1.53. The zero-order valence-corrected chi connectivity index (χ0v) is 15.4. The summed E-state index contributed by atoms with van der Waals surface area (Å²) in [6.45, 7) is 6.15. The van der Waals surface area contributed by atoms with Gasteiger partial charge in [-0.15, -0.1) is 11.3 Å². The molecular formula is C20H19N3O2S. The molecule has 6 heteroatoms. The van der Waals surface area contributed by atoms with Crippen LogP contribution in [-0.4, -0.2) is 37.0 Å².